The molecule has 0 fully saturated rings. The first-order valence-electron chi connectivity index (χ1n) is 7.16. The van der Waals surface area contributed by atoms with Crippen molar-refractivity contribution in [3.8, 4) is 22.9 Å². The molecule has 0 aliphatic rings. The third kappa shape index (κ3) is 3.35. The van der Waals surface area contributed by atoms with Crippen molar-refractivity contribution in [2.45, 2.75) is 6.61 Å². The maximum absolute atomic E-state index is 11.4. The first-order valence-corrected chi connectivity index (χ1v) is 7.16. The average molecular weight is 325 g/mol. The summed E-state index contributed by atoms with van der Waals surface area (Å²) in [5, 5.41) is 3.91. The van der Waals surface area contributed by atoms with Gasteiger partial charge in [-0.15, -0.1) is 0 Å². The number of nitrogens with zero attached hydrogens (tertiary/aromatic N) is 2. The Bertz CT molecular complexity index is 843. The van der Waals surface area contributed by atoms with E-state index in [9.17, 15) is 4.79 Å². The van der Waals surface area contributed by atoms with Crippen LogP contribution in [0.1, 0.15) is 16.2 Å². The predicted molar refractivity (Wildman–Crippen MR) is 85.6 cm³/mol. The van der Waals surface area contributed by atoms with Gasteiger partial charge in [0.1, 0.15) is 11.5 Å². The molecule has 0 bridgehead atoms. The zero-order valence-corrected chi connectivity index (χ0v) is 12.9. The number of hydrogen-bond acceptors (Lipinski definition) is 6. The summed E-state index contributed by atoms with van der Waals surface area (Å²) in [5.74, 6) is 1.29. The topological polar surface area (TPSA) is 100 Å². The minimum Gasteiger partial charge on any atom is -0.497 e. The van der Waals surface area contributed by atoms with Crippen molar-refractivity contribution in [2.75, 3.05) is 7.11 Å². The fourth-order valence-electron chi connectivity index (χ4n) is 2.11. The Morgan fingerprint density at radius 2 is 1.92 bits per heavy atom. The van der Waals surface area contributed by atoms with Gasteiger partial charge in [0.2, 0.25) is 5.82 Å². The van der Waals surface area contributed by atoms with Crippen LogP contribution in [0.5, 0.6) is 11.5 Å². The second kappa shape index (κ2) is 6.82. The first kappa shape index (κ1) is 15.5. The standard InChI is InChI=1S/C17H15N3O4/c1-22-12-8-6-11(7-9-12)17-19-15(24-20-17)10-23-14-5-3-2-4-13(14)16(18)21/h2-9H,10H2,1H3,(H2,18,21). The Hall–Kier alpha value is -3.35. The Kier molecular flexibility index (Phi) is 4.42. The van der Waals surface area contributed by atoms with E-state index >= 15 is 0 Å². The maximum atomic E-state index is 11.4. The SMILES string of the molecule is COc1ccc(-c2noc(COc3ccccc3C(N)=O)n2)cc1. The lowest BCUT2D eigenvalue weighted by atomic mass is 10.2. The van der Waals surface area contributed by atoms with Crippen molar-refractivity contribution >= 4 is 5.91 Å². The number of carbonyl (C=O) groups is 1. The summed E-state index contributed by atoms with van der Waals surface area (Å²) in [6, 6.07) is 14.0. The van der Waals surface area contributed by atoms with E-state index in [0.29, 0.717) is 23.0 Å². The highest BCUT2D eigenvalue weighted by molar-refractivity contribution is 5.95. The molecule has 0 unspecified atom stereocenters. The van der Waals surface area contributed by atoms with Crippen molar-refractivity contribution in [3.05, 3.63) is 60.0 Å². The molecule has 0 atom stereocenters. The minimum absolute atomic E-state index is 0.0352. The quantitative estimate of drug-likeness (QED) is 0.747. The van der Waals surface area contributed by atoms with Crippen LogP contribution >= 0.6 is 0 Å². The molecular weight excluding hydrogens is 310 g/mol. The molecule has 0 aliphatic carbocycles. The van der Waals surface area contributed by atoms with Gasteiger partial charge in [-0.3, -0.25) is 4.79 Å². The van der Waals surface area contributed by atoms with E-state index in [-0.39, 0.29) is 6.61 Å². The summed E-state index contributed by atoms with van der Waals surface area (Å²) in [6.07, 6.45) is 0. The molecule has 0 aliphatic heterocycles. The van der Waals surface area contributed by atoms with E-state index in [1.165, 1.54) is 0 Å². The number of methoxy groups -OCH3 is 1. The summed E-state index contributed by atoms with van der Waals surface area (Å²) in [5.41, 5.74) is 6.40. The molecule has 0 saturated heterocycles. The van der Waals surface area contributed by atoms with Gasteiger partial charge in [-0.25, -0.2) is 0 Å². The van der Waals surface area contributed by atoms with Gasteiger partial charge in [0.15, 0.2) is 6.61 Å². The lowest BCUT2D eigenvalue weighted by molar-refractivity contribution is 0.0995. The van der Waals surface area contributed by atoms with Crippen LogP contribution in [0.2, 0.25) is 0 Å². The molecule has 0 saturated carbocycles. The predicted octanol–water partition coefficient (Wildman–Crippen LogP) is 2.42. The van der Waals surface area contributed by atoms with Crippen molar-refractivity contribution in [3.63, 3.8) is 0 Å². The molecule has 2 N–H and O–H groups in total. The molecule has 2 aromatic carbocycles. The van der Waals surface area contributed by atoms with E-state index in [1.54, 1.807) is 31.4 Å². The van der Waals surface area contributed by atoms with E-state index in [2.05, 4.69) is 10.1 Å². The number of carbonyl (C=O) groups excluding carboxylic acids is 1. The molecule has 1 amide bonds. The molecular formula is C17H15N3O4. The molecule has 0 spiro atoms. The van der Waals surface area contributed by atoms with Gasteiger partial charge in [0.25, 0.3) is 11.8 Å². The van der Waals surface area contributed by atoms with Gasteiger partial charge in [0.05, 0.1) is 12.7 Å². The molecule has 7 nitrogen and oxygen atoms in total. The molecule has 24 heavy (non-hydrogen) atoms. The summed E-state index contributed by atoms with van der Waals surface area (Å²) in [4.78, 5) is 15.6. The van der Waals surface area contributed by atoms with Crippen LogP contribution in [-0.4, -0.2) is 23.2 Å². The van der Waals surface area contributed by atoms with Crippen LogP contribution in [-0.2, 0) is 6.61 Å². The highest BCUT2D eigenvalue weighted by atomic mass is 16.5. The maximum Gasteiger partial charge on any atom is 0.264 e. The molecule has 122 valence electrons. The molecule has 1 heterocycles. The highest BCUT2D eigenvalue weighted by Crippen LogP contribution is 2.21. The fourth-order valence-corrected chi connectivity index (χ4v) is 2.11. The molecule has 3 aromatic rings. The number of primary amides is 1. The lowest BCUT2D eigenvalue weighted by Gasteiger charge is -2.06. The monoisotopic (exact) mass is 325 g/mol. The van der Waals surface area contributed by atoms with Crippen molar-refractivity contribution in [2.24, 2.45) is 5.73 Å². The summed E-state index contributed by atoms with van der Waals surface area (Å²) in [7, 11) is 1.60. The van der Waals surface area contributed by atoms with E-state index < -0.39 is 5.91 Å². The first-order chi connectivity index (χ1) is 11.7. The fraction of sp³-hybridized carbons (Fsp3) is 0.118. The van der Waals surface area contributed by atoms with E-state index in [4.69, 9.17) is 19.7 Å². The number of para-hydroxylation sites is 1. The number of ether oxygens (including phenoxy) is 2. The number of aromatic nitrogens is 2. The normalized spacial score (nSPS) is 10.4. The Morgan fingerprint density at radius 1 is 1.17 bits per heavy atom. The van der Waals surface area contributed by atoms with Crippen LogP contribution in [0.4, 0.5) is 0 Å². The average Bonchev–Trinajstić information content (AvgIpc) is 3.09. The zero-order chi connectivity index (χ0) is 16.9. The summed E-state index contributed by atoms with van der Waals surface area (Å²) < 4.78 is 15.8. The van der Waals surface area contributed by atoms with Crippen LogP contribution in [0.25, 0.3) is 11.4 Å². The van der Waals surface area contributed by atoms with Gasteiger partial charge < -0.3 is 19.7 Å². The second-order valence-electron chi connectivity index (χ2n) is 4.89. The van der Waals surface area contributed by atoms with Crippen molar-refractivity contribution in [1.82, 2.24) is 10.1 Å². The van der Waals surface area contributed by atoms with Crippen LogP contribution in [0, 0.1) is 0 Å². The van der Waals surface area contributed by atoms with E-state index in [1.807, 2.05) is 24.3 Å². The largest absolute Gasteiger partial charge is 0.497 e. The van der Waals surface area contributed by atoms with Gasteiger partial charge >= 0.3 is 0 Å². The smallest absolute Gasteiger partial charge is 0.264 e. The van der Waals surface area contributed by atoms with Crippen molar-refractivity contribution < 1.29 is 18.8 Å². The molecule has 3 rings (SSSR count). The summed E-state index contributed by atoms with van der Waals surface area (Å²) >= 11 is 0. The van der Waals surface area contributed by atoms with Gasteiger partial charge in [-0.1, -0.05) is 17.3 Å². The molecule has 0 radical (unpaired) electrons. The van der Waals surface area contributed by atoms with Crippen LogP contribution < -0.4 is 15.2 Å². The molecule has 7 heteroatoms. The second-order valence-corrected chi connectivity index (χ2v) is 4.89. The zero-order valence-electron chi connectivity index (χ0n) is 12.9. The lowest BCUT2D eigenvalue weighted by Crippen LogP contribution is -2.12. The van der Waals surface area contributed by atoms with E-state index in [0.717, 1.165) is 11.3 Å². The number of hydrogen-bond donors (Lipinski definition) is 1. The molecule has 1 aromatic heterocycles. The number of amides is 1. The number of nitrogens with two attached hydrogens (primary N) is 1. The Balaban J connectivity index is 1.71. The highest BCUT2D eigenvalue weighted by Gasteiger charge is 2.12. The number of rotatable bonds is 6. The third-order valence-corrected chi connectivity index (χ3v) is 3.32. The van der Waals surface area contributed by atoms with Crippen molar-refractivity contribution in [1.29, 1.82) is 0 Å². The van der Waals surface area contributed by atoms with Gasteiger partial charge in [-0.05, 0) is 36.4 Å². The summed E-state index contributed by atoms with van der Waals surface area (Å²) in [6.45, 7) is 0.0352. The third-order valence-electron chi connectivity index (χ3n) is 3.32. The minimum atomic E-state index is -0.560. The number of benzene rings is 2. The van der Waals surface area contributed by atoms with Gasteiger partial charge in [0, 0.05) is 5.56 Å². The Morgan fingerprint density at radius 3 is 2.62 bits per heavy atom. The van der Waals surface area contributed by atoms with Crippen LogP contribution in [0.3, 0.4) is 0 Å². The Labute approximate surface area is 138 Å². The van der Waals surface area contributed by atoms with Gasteiger partial charge in [-0.2, -0.15) is 4.98 Å². The van der Waals surface area contributed by atoms with Crippen LogP contribution in [0.15, 0.2) is 53.1 Å².